The van der Waals surface area contributed by atoms with Crippen LogP contribution in [0.4, 0.5) is 0 Å². The number of nitrogens with zero attached hydrogens (tertiary/aromatic N) is 1. The lowest BCUT2D eigenvalue weighted by molar-refractivity contribution is 0.162. The van der Waals surface area contributed by atoms with E-state index in [2.05, 4.69) is 24.1 Å². The smallest absolute Gasteiger partial charge is 0.0192 e. The molecule has 1 N–H and O–H groups in total. The third-order valence-electron chi connectivity index (χ3n) is 4.29. The highest BCUT2D eigenvalue weighted by Gasteiger charge is 2.30. The average Bonchev–Trinajstić information content (AvgIpc) is 2.54. The van der Waals surface area contributed by atoms with Crippen LogP contribution >= 0.6 is 0 Å². The number of rotatable bonds is 2. The number of hydrogen-bond donors (Lipinski definition) is 1. The summed E-state index contributed by atoms with van der Waals surface area (Å²) in [6.45, 7) is 8.57. The summed E-state index contributed by atoms with van der Waals surface area (Å²) in [6, 6.07) is 1.62. The second kappa shape index (κ2) is 5.31. The van der Waals surface area contributed by atoms with Crippen LogP contribution in [0.5, 0.6) is 0 Å². The zero-order chi connectivity index (χ0) is 10.7. The maximum Gasteiger partial charge on any atom is 0.0192 e. The first-order valence-corrected chi connectivity index (χ1v) is 6.78. The van der Waals surface area contributed by atoms with Crippen molar-refractivity contribution in [2.75, 3.05) is 19.6 Å². The van der Waals surface area contributed by atoms with E-state index in [1.807, 2.05) is 0 Å². The largest absolute Gasteiger partial charge is 0.313 e. The molecule has 2 heteroatoms. The first kappa shape index (κ1) is 11.4. The van der Waals surface area contributed by atoms with Gasteiger partial charge in [-0.05, 0) is 44.7 Å². The van der Waals surface area contributed by atoms with E-state index >= 15 is 0 Å². The third-order valence-corrected chi connectivity index (χ3v) is 4.29. The predicted molar refractivity (Wildman–Crippen MR) is 65.1 cm³/mol. The molecule has 0 bridgehead atoms. The van der Waals surface area contributed by atoms with Crippen molar-refractivity contribution in [1.82, 2.24) is 10.2 Å². The van der Waals surface area contributed by atoms with Crippen LogP contribution in [0.15, 0.2) is 0 Å². The monoisotopic (exact) mass is 210 g/mol. The van der Waals surface area contributed by atoms with Gasteiger partial charge in [0.05, 0.1) is 0 Å². The fraction of sp³-hybridized carbons (Fsp3) is 1.00. The Bertz CT molecular complexity index is 193. The third kappa shape index (κ3) is 2.73. The van der Waals surface area contributed by atoms with Gasteiger partial charge in [0, 0.05) is 18.6 Å². The molecule has 2 fully saturated rings. The predicted octanol–water partition coefficient (Wildman–Crippen LogP) is 2.25. The molecular weight excluding hydrogens is 184 g/mol. The molecule has 2 aliphatic rings. The van der Waals surface area contributed by atoms with Crippen LogP contribution in [-0.2, 0) is 0 Å². The van der Waals surface area contributed by atoms with Gasteiger partial charge < -0.3 is 5.32 Å². The van der Waals surface area contributed by atoms with Crippen molar-refractivity contribution in [3.05, 3.63) is 0 Å². The molecular formula is C13H26N2. The van der Waals surface area contributed by atoms with E-state index in [-0.39, 0.29) is 0 Å². The van der Waals surface area contributed by atoms with Gasteiger partial charge in [0.25, 0.3) is 0 Å². The quantitative estimate of drug-likeness (QED) is 0.752. The van der Waals surface area contributed by atoms with Crippen molar-refractivity contribution < 1.29 is 0 Å². The van der Waals surface area contributed by atoms with Crippen molar-refractivity contribution in [2.45, 2.75) is 58.0 Å². The summed E-state index contributed by atoms with van der Waals surface area (Å²) >= 11 is 0. The lowest BCUT2D eigenvalue weighted by atomic mass is 10.0. The summed E-state index contributed by atoms with van der Waals surface area (Å²) in [5, 5.41) is 3.66. The maximum absolute atomic E-state index is 3.66. The molecule has 1 aliphatic carbocycles. The summed E-state index contributed by atoms with van der Waals surface area (Å²) < 4.78 is 0. The van der Waals surface area contributed by atoms with E-state index in [0.717, 1.165) is 18.0 Å². The standard InChI is InChI=1S/C13H26N2/c1-3-12-10-15(9-5-8-14-12)13-7-4-6-11(13)2/h11-14H,3-10H2,1-2H3. The Hall–Kier alpha value is -0.0800. The Morgan fingerprint density at radius 2 is 2.13 bits per heavy atom. The Kier molecular flexibility index (Phi) is 4.04. The Balaban J connectivity index is 1.94. The molecule has 2 rings (SSSR count). The molecule has 0 radical (unpaired) electrons. The molecule has 1 heterocycles. The Morgan fingerprint density at radius 3 is 2.80 bits per heavy atom. The molecule has 3 atom stereocenters. The average molecular weight is 210 g/mol. The molecule has 3 unspecified atom stereocenters. The van der Waals surface area contributed by atoms with Crippen molar-refractivity contribution >= 4 is 0 Å². The molecule has 2 nitrogen and oxygen atoms in total. The van der Waals surface area contributed by atoms with Crippen LogP contribution < -0.4 is 5.32 Å². The van der Waals surface area contributed by atoms with Crippen LogP contribution in [0.1, 0.15) is 46.0 Å². The zero-order valence-corrected chi connectivity index (χ0v) is 10.3. The first-order valence-electron chi connectivity index (χ1n) is 6.78. The van der Waals surface area contributed by atoms with Gasteiger partial charge in [-0.25, -0.2) is 0 Å². The fourth-order valence-corrected chi connectivity index (χ4v) is 3.27. The molecule has 0 aromatic rings. The summed E-state index contributed by atoms with van der Waals surface area (Å²) in [5.74, 6) is 0.931. The van der Waals surface area contributed by atoms with E-state index in [1.54, 1.807) is 0 Å². The van der Waals surface area contributed by atoms with Crippen LogP contribution in [0.25, 0.3) is 0 Å². The summed E-state index contributed by atoms with van der Waals surface area (Å²) in [7, 11) is 0. The van der Waals surface area contributed by atoms with E-state index in [9.17, 15) is 0 Å². The summed E-state index contributed by atoms with van der Waals surface area (Å²) in [4.78, 5) is 2.77. The van der Waals surface area contributed by atoms with Crippen molar-refractivity contribution in [1.29, 1.82) is 0 Å². The molecule has 15 heavy (non-hydrogen) atoms. The van der Waals surface area contributed by atoms with E-state index in [4.69, 9.17) is 0 Å². The lowest BCUT2D eigenvalue weighted by Crippen LogP contribution is -2.43. The highest BCUT2D eigenvalue weighted by Crippen LogP contribution is 2.30. The second-order valence-electron chi connectivity index (χ2n) is 5.38. The van der Waals surface area contributed by atoms with Gasteiger partial charge in [-0.1, -0.05) is 20.3 Å². The molecule has 1 aliphatic heterocycles. The van der Waals surface area contributed by atoms with Crippen LogP contribution in [0.2, 0.25) is 0 Å². The van der Waals surface area contributed by atoms with E-state index in [1.165, 1.54) is 51.7 Å². The van der Waals surface area contributed by atoms with Gasteiger partial charge in [-0.15, -0.1) is 0 Å². The normalized spacial score (nSPS) is 39.2. The van der Waals surface area contributed by atoms with Gasteiger partial charge in [0.15, 0.2) is 0 Å². The maximum atomic E-state index is 3.66. The van der Waals surface area contributed by atoms with Crippen molar-refractivity contribution in [3.8, 4) is 0 Å². The molecule has 0 aromatic carbocycles. The highest BCUT2D eigenvalue weighted by atomic mass is 15.2. The minimum atomic E-state index is 0.736. The van der Waals surface area contributed by atoms with E-state index in [0.29, 0.717) is 0 Å². The Labute approximate surface area is 94.4 Å². The van der Waals surface area contributed by atoms with Gasteiger partial charge in [-0.2, -0.15) is 0 Å². The van der Waals surface area contributed by atoms with Crippen LogP contribution in [-0.4, -0.2) is 36.6 Å². The first-order chi connectivity index (χ1) is 7.31. The zero-order valence-electron chi connectivity index (χ0n) is 10.3. The SMILES string of the molecule is CCC1CN(C2CCCC2C)CCCN1. The second-order valence-corrected chi connectivity index (χ2v) is 5.38. The van der Waals surface area contributed by atoms with Crippen LogP contribution in [0, 0.1) is 5.92 Å². The van der Waals surface area contributed by atoms with Gasteiger partial charge >= 0.3 is 0 Å². The molecule has 1 saturated carbocycles. The van der Waals surface area contributed by atoms with Crippen molar-refractivity contribution in [2.24, 2.45) is 5.92 Å². The van der Waals surface area contributed by atoms with Crippen LogP contribution in [0.3, 0.4) is 0 Å². The molecule has 88 valence electrons. The molecule has 1 saturated heterocycles. The highest BCUT2D eigenvalue weighted by molar-refractivity contribution is 4.86. The minimum absolute atomic E-state index is 0.736. The van der Waals surface area contributed by atoms with E-state index < -0.39 is 0 Å². The fourth-order valence-electron chi connectivity index (χ4n) is 3.27. The topological polar surface area (TPSA) is 15.3 Å². The number of hydrogen-bond acceptors (Lipinski definition) is 2. The lowest BCUT2D eigenvalue weighted by Gasteiger charge is -2.32. The number of nitrogens with one attached hydrogen (secondary N) is 1. The molecule has 0 aromatic heterocycles. The summed E-state index contributed by atoms with van der Waals surface area (Å²) in [6.07, 6.45) is 6.95. The van der Waals surface area contributed by atoms with Gasteiger partial charge in [-0.3, -0.25) is 4.90 Å². The molecule has 0 amide bonds. The van der Waals surface area contributed by atoms with Gasteiger partial charge in [0.2, 0.25) is 0 Å². The minimum Gasteiger partial charge on any atom is -0.313 e. The van der Waals surface area contributed by atoms with Crippen molar-refractivity contribution in [3.63, 3.8) is 0 Å². The Morgan fingerprint density at radius 1 is 1.27 bits per heavy atom. The summed E-state index contributed by atoms with van der Waals surface area (Å²) in [5.41, 5.74) is 0. The molecule has 0 spiro atoms. The van der Waals surface area contributed by atoms with Gasteiger partial charge in [0.1, 0.15) is 0 Å².